The highest BCUT2D eigenvalue weighted by atomic mass is 15.0. The molecule has 0 aliphatic heterocycles. The van der Waals surface area contributed by atoms with Gasteiger partial charge in [-0.2, -0.15) is 5.26 Å². The Kier molecular flexibility index (Phi) is 9.50. The zero-order valence-corrected chi connectivity index (χ0v) is 34.1. The van der Waals surface area contributed by atoms with E-state index in [1.165, 1.54) is 0 Å². The molecule has 0 fully saturated rings. The summed E-state index contributed by atoms with van der Waals surface area (Å²) in [5, 5.41) is 12.1. The highest BCUT2D eigenvalue weighted by molar-refractivity contribution is 6.11. The Bertz CT molecular complexity index is 3370. The van der Waals surface area contributed by atoms with Crippen LogP contribution < -0.4 is 0 Å². The van der Waals surface area contributed by atoms with E-state index in [1.807, 2.05) is 66.7 Å². The Morgan fingerprint density at radius 3 is 1.22 bits per heavy atom. The van der Waals surface area contributed by atoms with Crippen molar-refractivity contribution in [1.29, 1.82) is 5.26 Å². The molecule has 2 aromatic heterocycles. The van der Waals surface area contributed by atoms with Gasteiger partial charge in [0.1, 0.15) is 0 Å². The van der Waals surface area contributed by atoms with Crippen LogP contribution in [0.5, 0.6) is 0 Å². The van der Waals surface area contributed by atoms with Gasteiger partial charge < -0.3 is 4.57 Å². The molecule has 0 atom stereocenters. The number of fused-ring (bicyclic) bond motifs is 3. The summed E-state index contributed by atoms with van der Waals surface area (Å²) in [6, 6.07) is 80.0. The second-order valence-electron chi connectivity index (χ2n) is 15.6. The molecule has 0 amide bonds. The zero-order valence-electron chi connectivity index (χ0n) is 34.1. The van der Waals surface area contributed by atoms with Crippen molar-refractivity contribution in [1.82, 2.24) is 19.5 Å². The van der Waals surface area contributed by atoms with E-state index >= 15 is 0 Å². The Morgan fingerprint density at radius 2 is 0.714 bits per heavy atom. The minimum atomic E-state index is 0.562. The third kappa shape index (κ3) is 7.02. The molecule has 11 rings (SSSR count). The first-order chi connectivity index (χ1) is 31.2. The van der Waals surface area contributed by atoms with Crippen molar-refractivity contribution in [2.75, 3.05) is 0 Å². The lowest BCUT2D eigenvalue weighted by Gasteiger charge is -2.21. The lowest BCUT2D eigenvalue weighted by molar-refractivity contribution is 1.07. The maximum atomic E-state index is 9.96. The fraction of sp³-hybridized carbons (Fsp3) is 0. The van der Waals surface area contributed by atoms with E-state index in [0.717, 1.165) is 88.7 Å². The lowest BCUT2D eigenvalue weighted by Crippen LogP contribution is -2.04. The van der Waals surface area contributed by atoms with E-state index in [9.17, 15) is 5.26 Å². The fourth-order valence-corrected chi connectivity index (χ4v) is 8.67. The van der Waals surface area contributed by atoms with Crippen molar-refractivity contribution in [2.45, 2.75) is 0 Å². The molecule has 2 heterocycles. The van der Waals surface area contributed by atoms with E-state index < -0.39 is 0 Å². The van der Waals surface area contributed by atoms with Gasteiger partial charge in [-0.15, -0.1) is 0 Å². The number of hydrogen-bond donors (Lipinski definition) is 0. The third-order valence-corrected chi connectivity index (χ3v) is 11.6. The van der Waals surface area contributed by atoms with Crippen LogP contribution in [0.25, 0.3) is 106 Å². The predicted octanol–water partition coefficient (Wildman–Crippen LogP) is 14.5. The lowest BCUT2D eigenvalue weighted by atomic mass is 9.92. The van der Waals surface area contributed by atoms with Gasteiger partial charge in [-0.25, -0.2) is 15.0 Å². The molecule has 0 spiro atoms. The van der Waals surface area contributed by atoms with Gasteiger partial charge in [0.05, 0.1) is 28.4 Å². The first kappa shape index (κ1) is 37.3. The van der Waals surface area contributed by atoms with Crippen LogP contribution in [0.3, 0.4) is 0 Å². The third-order valence-electron chi connectivity index (χ3n) is 11.6. The minimum Gasteiger partial charge on any atom is -0.308 e. The van der Waals surface area contributed by atoms with Crippen molar-refractivity contribution < 1.29 is 0 Å². The average molecular weight is 804 g/mol. The van der Waals surface area contributed by atoms with Crippen molar-refractivity contribution in [3.63, 3.8) is 0 Å². The number of benzene rings is 9. The first-order valence-electron chi connectivity index (χ1n) is 21.0. The Balaban J connectivity index is 1.22. The Labute approximate surface area is 365 Å². The van der Waals surface area contributed by atoms with Crippen LogP contribution in [0.4, 0.5) is 0 Å². The van der Waals surface area contributed by atoms with Crippen molar-refractivity contribution in [2.24, 2.45) is 0 Å². The summed E-state index contributed by atoms with van der Waals surface area (Å²) in [6.07, 6.45) is 0. The van der Waals surface area contributed by atoms with Crippen LogP contribution in [0, 0.1) is 11.3 Å². The second kappa shape index (κ2) is 16.0. The number of para-hydroxylation sites is 1. The van der Waals surface area contributed by atoms with E-state index in [2.05, 4.69) is 168 Å². The summed E-state index contributed by atoms with van der Waals surface area (Å²) in [5.41, 5.74) is 14.8. The smallest absolute Gasteiger partial charge is 0.164 e. The molecule has 0 bridgehead atoms. The topological polar surface area (TPSA) is 67.4 Å². The quantitative estimate of drug-likeness (QED) is 0.153. The molecule has 5 heteroatoms. The van der Waals surface area contributed by atoms with Gasteiger partial charge in [-0.3, -0.25) is 0 Å². The number of rotatable bonds is 8. The van der Waals surface area contributed by atoms with Crippen LogP contribution in [-0.4, -0.2) is 19.5 Å². The number of nitrogens with zero attached hydrogens (tertiary/aromatic N) is 5. The summed E-state index contributed by atoms with van der Waals surface area (Å²) in [6.45, 7) is 0. The molecule has 0 saturated heterocycles. The van der Waals surface area contributed by atoms with Crippen LogP contribution in [0.2, 0.25) is 0 Å². The Hall–Kier alpha value is -8.72. The maximum absolute atomic E-state index is 9.96. The average Bonchev–Trinajstić information content (AvgIpc) is 3.70. The Morgan fingerprint density at radius 1 is 0.317 bits per heavy atom. The van der Waals surface area contributed by atoms with Gasteiger partial charge in [-0.1, -0.05) is 170 Å². The SMILES string of the molecule is N#Cc1ccc2c(c1)c1ccccc1n2-c1c(-c2ccccc2)cc(-c2nc(-c3ccccc3)nc(-c3cc(-c4ccccc4)cc(-c4ccccc4)c3)n2)cc1-c1ccccc1. The molecule has 9 aromatic carbocycles. The molecule has 0 radical (unpaired) electrons. The molecule has 294 valence electrons. The van der Waals surface area contributed by atoms with E-state index in [0.29, 0.717) is 23.0 Å². The normalized spacial score (nSPS) is 11.2. The van der Waals surface area contributed by atoms with E-state index in [4.69, 9.17) is 15.0 Å². The number of hydrogen-bond acceptors (Lipinski definition) is 4. The zero-order chi connectivity index (χ0) is 42.1. The monoisotopic (exact) mass is 803 g/mol. The standard InChI is InChI=1S/C58H37N5/c59-38-39-30-31-54-52(32-39)49-28-16-17-29-53(49)63(54)55-50(42-22-10-3-11-23-42)36-48(37-51(55)43-24-12-4-13-25-43)58-61-56(44-26-14-5-15-27-44)60-57(62-58)47-34-45(40-18-6-1-7-19-40)33-46(35-47)41-20-8-2-9-21-41/h1-37H. The van der Waals surface area contributed by atoms with Gasteiger partial charge in [0, 0.05) is 38.6 Å². The van der Waals surface area contributed by atoms with Crippen LogP contribution in [0.1, 0.15) is 5.56 Å². The molecule has 11 aromatic rings. The van der Waals surface area contributed by atoms with Gasteiger partial charge in [0.2, 0.25) is 0 Å². The van der Waals surface area contributed by atoms with Gasteiger partial charge in [0.25, 0.3) is 0 Å². The van der Waals surface area contributed by atoms with Crippen LogP contribution in [-0.2, 0) is 0 Å². The van der Waals surface area contributed by atoms with Crippen molar-refractivity contribution in [3.05, 3.63) is 230 Å². The van der Waals surface area contributed by atoms with Gasteiger partial charge >= 0.3 is 0 Å². The molecule has 5 nitrogen and oxygen atoms in total. The van der Waals surface area contributed by atoms with Crippen molar-refractivity contribution >= 4 is 21.8 Å². The fourth-order valence-electron chi connectivity index (χ4n) is 8.67. The molecule has 0 N–H and O–H groups in total. The molecular weight excluding hydrogens is 767 g/mol. The predicted molar refractivity (Wildman–Crippen MR) is 257 cm³/mol. The molecule has 0 aliphatic rings. The molecule has 63 heavy (non-hydrogen) atoms. The summed E-state index contributed by atoms with van der Waals surface area (Å²) in [7, 11) is 0. The largest absolute Gasteiger partial charge is 0.308 e. The highest BCUT2D eigenvalue weighted by Gasteiger charge is 2.23. The summed E-state index contributed by atoms with van der Waals surface area (Å²) >= 11 is 0. The number of aromatic nitrogens is 4. The van der Waals surface area contributed by atoms with Crippen LogP contribution in [0.15, 0.2) is 224 Å². The molecule has 0 saturated carbocycles. The number of nitriles is 1. The molecule has 0 aliphatic carbocycles. The van der Waals surface area contributed by atoms with Gasteiger partial charge in [0.15, 0.2) is 17.5 Å². The maximum Gasteiger partial charge on any atom is 0.164 e. The van der Waals surface area contributed by atoms with Crippen LogP contribution >= 0.6 is 0 Å². The highest BCUT2D eigenvalue weighted by Crippen LogP contribution is 2.44. The summed E-state index contributed by atoms with van der Waals surface area (Å²) < 4.78 is 2.36. The van der Waals surface area contributed by atoms with E-state index in [-0.39, 0.29) is 0 Å². The first-order valence-corrected chi connectivity index (χ1v) is 21.0. The van der Waals surface area contributed by atoms with E-state index in [1.54, 1.807) is 0 Å². The molecular formula is C58H37N5. The second-order valence-corrected chi connectivity index (χ2v) is 15.6. The summed E-state index contributed by atoms with van der Waals surface area (Å²) in [4.78, 5) is 15.9. The minimum absolute atomic E-state index is 0.562. The summed E-state index contributed by atoms with van der Waals surface area (Å²) in [5.74, 6) is 1.73. The molecule has 0 unspecified atom stereocenters. The van der Waals surface area contributed by atoms with Gasteiger partial charge in [-0.05, 0) is 88.0 Å². The van der Waals surface area contributed by atoms with Crippen molar-refractivity contribution in [3.8, 4) is 90.4 Å².